The molecule has 1 N–H and O–H groups in total. The van der Waals surface area contributed by atoms with E-state index in [-0.39, 0.29) is 35.5 Å². The van der Waals surface area contributed by atoms with Crippen molar-refractivity contribution in [3.05, 3.63) is 62.6 Å². The maximum Gasteiger partial charge on any atom is 0.269 e. The second kappa shape index (κ2) is 7.31. The van der Waals surface area contributed by atoms with E-state index in [0.717, 1.165) is 0 Å². The van der Waals surface area contributed by atoms with Crippen molar-refractivity contribution in [3.63, 3.8) is 0 Å². The van der Waals surface area contributed by atoms with E-state index in [9.17, 15) is 19.7 Å². The Hall–Kier alpha value is -2.64. The minimum atomic E-state index is -0.562. The van der Waals surface area contributed by atoms with E-state index >= 15 is 0 Å². The summed E-state index contributed by atoms with van der Waals surface area (Å²) in [5, 5.41) is 13.9. The molecule has 134 valence electrons. The van der Waals surface area contributed by atoms with Crippen molar-refractivity contribution in [1.82, 2.24) is 0 Å². The fourth-order valence-electron chi connectivity index (χ4n) is 2.73. The van der Waals surface area contributed by atoms with Gasteiger partial charge in [-0.15, -0.1) is 0 Å². The van der Waals surface area contributed by atoms with E-state index in [4.69, 9.17) is 23.2 Å². The lowest BCUT2D eigenvalue weighted by Gasteiger charge is -2.18. The number of nitro benzene ring substituents is 1. The van der Waals surface area contributed by atoms with E-state index < -0.39 is 10.8 Å². The van der Waals surface area contributed by atoms with E-state index in [0.29, 0.717) is 16.4 Å². The number of nitrogens with one attached hydrogen (secondary N) is 1. The Balaban J connectivity index is 1.71. The van der Waals surface area contributed by atoms with Crippen LogP contribution in [0.4, 0.5) is 17.1 Å². The molecule has 0 unspecified atom stereocenters. The smallest absolute Gasteiger partial charge is 0.269 e. The molecule has 1 aliphatic rings. The third kappa shape index (κ3) is 3.63. The van der Waals surface area contributed by atoms with Crippen LogP contribution in [0.15, 0.2) is 42.5 Å². The molecule has 1 saturated heterocycles. The number of amides is 2. The van der Waals surface area contributed by atoms with Crippen LogP contribution in [0.25, 0.3) is 0 Å². The summed E-state index contributed by atoms with van der Waals surface area (Å²) in [6.45, 7) is 0.178. The number of carbonyl (C=O) groups is 2. The molecule has 1 fully saturated rings. The van der Waals surface area contributed by atoms with Crippen molar-refractivity contribution in [3.8, 4) is 0 Å². The molecule has 1 atom stereocenters. The molecule has 1 aliphatic heterocycles. The van der Waals surface area contributed by atoms with Gasteiger partial charge in [0, 0.05) is 30.8 Å². The van der Waals surface area contributed by atoms with Crippen LogP contribution in [0, 0.1) is 16.0 Å². The van der Waals surface area contributed by atoms with Crippen molar-refractivity contribution in [2.45, 2.75) is 6.42 Å². The first-order valence-electron chi connectivity index (χ1n) is 7.66. The molecule has 2 aromatic carbocycles. The lowest BCUT2D eigenvalue weighted by atomic mass is 10.1. The van der Waals surface area contributed by atoms with Gasteiger partial charge >= 0.3 is 0 Å². The Labute approximate surface area is 158 Å². The summed E-state index contributed by atoms with van der Waals surface area (Å²) in [7, 11) is 0. The van der Waals surface area contributed by atoms with Gasteiger partial charge in [-0.05, 0) is 24.3 Å². The van der Waals surface area contributed by atoms with Gasteiger partial charge in [-0.25, -0.2) is 0 Å². The van der Waals surface area contributed by atoms with Crippen molar-refractivity contribution in [2.24, 2.45) is 5.92 Å². The van der Waals surface area contributed by atoms with Gasteiger partial charge in [-0.3, -0.25) is 19.7 Å². The van der Waals surface area contributed by atoms with E-state index in [1.165, 1.54) is 29.2 Å². The van der Waals surface area contributed by atoms with Gasteiger partial charge in [0.25, 0.3) is 5.69 Å². The zero-order valence-corrected chi connectivity index (χ0v) is 14.8. The van der Waals surface area contributed by atoms with Crippen LogP contribution in [0.1, 0.15) is 6.42 Å². The molecule has 7 nitrogen and oxygen atoms in total. The molecule has 26 heavy (non-hydrogen) atoms. The first-order chi connectivity index (χ1) is 12.4. The highest BCUT2D eigenvalue weighted by Gasteiger charge is 2.36. The molecule has 0 bridgehead atoms. The number of halogens is 2. The van der Waals surface area contributed by atoms with E-state index in [2.05, 4.69) is 5.32 Å². The Morgan fingerprint density at radius 2 is 1.88 bits per heavy atom. The summed E-state index contributed by atoms with van der Waals surface area (Å²) in [6.07, 6.45) is 0.0433. The van der Waals surface area contributed by atoms with Gasteiger partial charge < -0.3 is 10.2 Å². The van der Waals surface area contributed by atoms with Gasteiger partial charge in [0.15, 0.2) is 0 Å². The van der Waals surface area contributed by atoms with Crippen molar-refractivity contribution in [2.75, 3.05) is 16.8 Å². The molecule has 2 amide bonds. The monoisotopic (exact) mass is 393 g/mol. The number of nitrogens with zero attached hydrogens (tertiary/aromatic N) is 2. The van der Waals surface area contributed by atoms with Crippen LogP contribution in [0.2, 0.25) is 10.0 Å². The Bertz CT molecular complexity index is 886. The highest BCUT2D eigenvalue weighted by atomic mass is 35.5. The van der Waals surface area contributed by atoms with Crippen molar-refractivity contribution in [1.29, 1.82) is 0 Å². The van der Waals surface area contributed by atoms with Crippen LogP contribution < -0.4 is 10.2 Å². The number of benzene rings is 2. The maximum atomic E-state index is 12.4. The first kappa shape index (κ1) is 18.2. The van der Waals surface area contributed by atoms with Gasteiger partial charge in [-0.1, -0.05) is 29.3 Å². The quantitative estimate of drug-likeness (QED) is 0.629. The number of hydrogen-bond donors (Lipinski definition) is 1. The average Bonchev–Trinajstić information content (AvgIpc) is 2.99. The van der Waals surface area contributed by atoms with E-state index in [1.807, 2.05) is 0 Å². The molecule has 9 heteroatoms. The lowest BCUT2D eigenvalue weighted by Crippen LogP contribution is -2.28. The topological polar surface area (TPSA) is 92.5 Å². The minimum Gasteiger partial charge on any atom is -0.326 e. The number of carbonyl (C=O) groups excluding carboxylic acids is 2. The van der Waals surface area contributed by atoms with Crippen molar-refractivity contribution >= 4 is 52.1 Å². The number of hydrogen-bond acceptors (Lipinski definition) is 4. The fourth-order valence-corrected chi connectivity index (χ4v) is 3.13. The molecular weight excluding hydrogens is 381 g/mol. The summed E-state index contributed by atoms with van der Waals surface area (Å²) in [5.41, 5.74) is 0.822. The number of rotatable bonds is 4. The molecule has 0 radical (unpaired) electrons. The second-order valence-electron chi connectivity index (χ2n) is 5.77. The standard InChI is InChI=1S/C17H13Cl2N3O4/c18-13-2-1-3-14(16(13)19)21-9-10(8-15(21)23)17(24)20-11-4-6-12(7-5-11)22(25)26/h1-7,10H,8-9H2,(H,20,24)/t10-/m1/s1. The first-order valence-corrected chi connectivity index (χ1v) is 8.42. The minimum absolute atomic E-state index is 0.0433. The SMILES string of the molecule is O=C(Nc1ccc([N+](=O)[O-])cc1)[C@@H]1CC(=O)N(c2cccc(Cl)c2Cl)C1. The van der Waals surface area contributed by atoms with Gasteiger partial charge in [0.05, 0.1) is 26.6 Å². The number of nitro groups is 1. The summed E-state index contributed by atoms with van der Waals surface area (Å²) < 4.78 is 0. The second-order valence-corrected chi connectivity index (χ2v) is 6.56. The van der Waals surface area contributed by atoms with Crippen LogP contribution in [-0.4, -0.2) is 23.3 Å². The maximum absolute atomic E-state index is 12.4. The third-order valence-corrected chi connectivity index (χ3v) is 4.87. The summed E-state index contributed by atoms with van der Waals surface area (Å²) in [4.78, 5) is 36.3. The third-order valence-electron chi connectivity index (χ3n) is 4.06. The van der Waals surface area contributed by atoms with E-state index in [1.54, 1.807) is 18.2 Å². The van der Waals surface area contributed by atoms with Crippen LogP contribution in [0.3, 0.4) is 0 Å². The van der Waals surface area contributed by atoms with Crippen LogP contribution >= 0.6 is 23.2 Å². The Morgan fingerprint density at radius 1 is 1.19 bits per heavy atom. The fraction of sp³-hybridized carbons (Fsp3) is 0.176. The highest BCUT2D eigenvalue weighted by Crippen LogP contribution is 2.35. The molecule has 0 spiro atoms. The average molecular weight is 394 g/mol. The summed E-state index contributed by atoms with van der Waals surface area (Å²) >= 11 is 12.1. The Kier molecular flexibility index (Phi) is 5.11. The molecule has 1 heterocycles. The Morgan fingerprint density at radius 3 is 2.54 bits per heavy atom. The normalized spacial score (nSPS) is 16.6. The summed E-state index contributed by atoms with van der Waals surface area (Å²) in [6, 6.07) is 10.5. The zero-order chi connectivity index (χ0) is 18.8. The molecule has 2 aromatic rings. The largest absolute Gasteiger partial charge is 0.326 e. The number of non-ortho nitro benzene ring substituents is 1. The van der Waals surface area contributed by atoms with Gasteiger partial charge in [0.1, 0.15) is 0 Å². The molecule has 0 aromatic heterocycles. The van der Waals surface area contributed by atoms with Crippen LogP contribution in [0.5, 0.6) is 0 Å². The number of anilines is 2. The van der Waals surface area contributed by atoms with Gasteiger partial charge in [0.2, 0.25) is 11.8 Å². The van der Waals surface area contributed by atoms with Gasteiger partial charge in [-0.2, -0.15) is 0 Å². The highest BCUT2D eigenvalue weighted by molar-refractivity contribution is 6.44. The van der Waals surface area contributed by atoms with Crippen LogP contribution in [-0.2, 0) is 9.59 Å². The molecule has 0 aliphatic carbocycles. The predicted octanol–water partition coefficient (Wildman–Crippen LogP) is 3.89. The lowest BCUT2D eigenvalue weighted by molar-refractivity contribution is -0.384. The molecule has 0 saturated carbocycles. The predicted molar refractivity (Wildman–Crippen MR) is 98.6 cm³/mol. The molecular formula is C17H13Cl2N3O4. The summed E-state index contributed by atoms with van der Waals surface area (Å²) in [5.74, 6) is -1.13. The zero-order valence-electron chi connectivity index (χ0n) is 13.3. The molecule has 3 rings (SSSR count). The van der Waals surface area contributed by atoms with Crippen molar-refractivity contribution < 1.29 is 14.5 Å².